The van der Waals surface area contributed by atoms with Gasteiger partial charge in [0.05, 0.1) is 6.26 Å². The molecule has 0 aromatic carbocycles. The summed E-state index contributed by atoms with van der Waals surface area (Å²) in [5, 5.41) is 1.12. The zero-order chi connectivity index (χ0) is 14.9. The molecule has 3 aromatic heterocycles. The van der Waals surface area contributed by atoms with Gasteiger partial charge in [-0.3, -0.25) is 4.79 Å². The molecule has 5 heteroatoms. The number of nitrogens with one attached hydrogen (secondary N) is 1. The lowest BCUT2D eigenvalue weighted by molar-refractivity contribution is 0.0741. The van der Waals surface area contributed by atoms with E-state index in [-0.39, 0.29) is 5.91 Å². The zero-order valence-corrected chi connectivity index (χ0v) is 12.0. The Hall–Kier alpha value is -2.82. The van der Waals surface area contributed by atoms with Crippen molar-refractivity contribution in [1.29, 1.82) is 0 Å². The van der Waals surface area contributed by atoms with E-state index in [2.05, 4.69) is 22.1 Å². The summed E-state index contributed by atoms with van der Waals surface area (Å²) >= 11 is 0. The van der Waals surface area contributed by atoms with Gasteiger partial charge in [0.1, 0.15) is 5.65 Å². The van der Waals surface area contributed by atoms with Crippen LogP contribution in [-0.2, 0) is 0 Å². The molecule has 0 unspecified atom stereocenters. The number of hydrogen-bond donors (Lipinski definition) is 1. The number of aromatic nitrogens is 2. The lowest BCUT2D eigenvalue weighted by Crippen LogP contribution is -2.34. The molecule has 22 heavy (non-hydrogen) atoms. The van der Waals surface area contributed by atoms with Crippen LogP contribution in [0.25, 0.3) is 16.6 Å². The van der Waals surface area contributed by atoms with Crippen LogP contribution in [0.3, 0.4) is 0 Å². The fourth-order valence-electron chi connectivity index (χ4n) is 2.88. The predicted molar refractivity (Wildman–Crippen MR) is 83.3 cm³/mol. The molecule has 0 fully saturated rings. The maximum absolute atomic E-state index is 12.3. The molecular weight excluding hydrogens is 278 g/mol. The van der Waals surface area contributed by atoms with Crippen molar-refractivity contribution in [3.8, 4) is 0 Å². The fourth-order valence-corrected chi connectivity index (χ4v) is 2.88. The minimum atomic E-state index is -0.0547. The average molecular weight is 293 g/mol. The second kappa shape index (κ2) is 5.18. The maximum Gasteiger partial charge on any atom is 0.289 e. The summed E-state index contributed by atoms with van der Waals surface area (Å²) in [6, 6.07) is 7.44. The minimum absolute atomic E-state index is 0.0547. The molecule has 1 N–H and O–H groups in total. The molecule has 3 aromatic rings. The Kier molecular flexibility index (Phi) is 3.04. The van der Waals surface area contributed by atoms with E-state index in [9.17, 15) is 4.79 Å². The summed E-state index contributed by atoms with van der Waals surface area (Å²) in [6.07, 6.45) is 8.24. The highest BCUT2D eigenvalue weighted by Crippen LogP contribution is 2.28. The number of amides is 1. The standard InChI is InChI=1S/C17H15N3O2/c21-17(15-4-2-10-22-15)20-8-5-12(6-9-20)14-11-19-16-13(14)3-1-7-18-16/h1-5,7,10-11H,6,8-9H2,(H,18,19). The van der Waals surface area contributed by atoms with Gasteiger partial charge in [-0.15, -0.1) is 0 Å². The minimum Gasteiger partial charge on any atom is -0.459 e. The molecule has 0 atom stereocenters. The van der Waals surface area contributed by atoms with Crippen molar-refractivity contribution in [2.24, 2.45) is 0 Å². The van der Waals surface area contributed by atoms with E-state index in [0.29, 0.717) is 18.8 Å². The quantitative estimate of drug-likeness (QED) is 0.789. The molecule has 1 aliphatic heterocycles. The van der Waals surface area contributed by atoms with Crippen LogP contribution < -0.4 is 0 Å². The number of rotatable bonds is 2. The van der Waals surface area contributed by atoms with Gasteiger partial charge < -0.3 is 14.3 Å². The van der Waals surface area contributed by atoms with Crippen LogP contribution in [0.4, 0.5) is 0 Å². The van der Waals surface area contributed by atoms with Crippen LogP contribution in [0.1, 0.15) is 22.5 Å². The van der Waals surface area contributed by atoms with Crippen molar-refractivity contribution in [1.82, 2.24) is 14.9 Å². The summed E-state index contributed by atoms with van der Waals surface area (Å²) in [5.74, 6) is 0.342. The van der Waals surface area contributed by atoms with Crippen molar-refractivity contribution < 1.29 is 9.21 Å². The van der Waals surface area contributed by atoms with Crippen LogP contribution in [0.15, 0.2) is 53.4 Å². The van der Waals surface area contributed by atoms with Crippen molar-refractivity contribution in [2.75, 3.05) is 13.1 Å². The number of H-pyrrole nitrogens is 1. The van der Waals surface area contributed by atoms with Crippen LogP contribution in [0, 0.1) is 0 Å². The van der Waals surface area contributed by atoms with Gasteiger partial charge in [-0.05, 0) is 36.3 Å². The first-order chi connectivity index (χ1) is 10.8. The number of hydrogen-bond acceptors (Lipinski definition) is 3. The van der Waals surface area contributed by atoms with E-state index in [1.807, 2.05) is 12.3 Å². The number of carbonyl (C=O) groups is 1. The van der Waals surface area contributed by atoms with E-state index in [0.717, 1.165) is 17.5 Å². The van der Waals surface area contributed by atoms with E-state index >= 15 is 0 Å². The zero-order valence-electron chi connectivity index (χ0n) is 12.0. The molecule has 0 saturated carbocycles. The second-order valence-electron chi connectivity index (χ2n) is 5.31. The largest absolute Gasteiger partial charge is 0.459 e. The molecule has 1 amide bonds. The van der Waals surface area contributed by atoms with E-state index in [4.69, 9.17) is 4.42 Å². The number of carbonyl (C=O) groups excluding carboxylic acids is 1. The lowest BCUT2D eigenvalue weighted by atomic mass is 9.99. The van der Waals surface area contributed by atoms with Crippen molar-refractivity contribution in [3.63, 3.8) is 0 Å². The highest BCUT2D eigenvalue weighted by atomic mass is 16.3. The Labute approximate surface area is 127 Å². The van der Waals surface area contributed by atoms with E-state index in [1.54, 1.807) is 23.2 Å². The van der Waals surface area contributed by atoms with E-state index < -0.39 is 0 Å². The smallest absolute Gasteiger partial charge is 0.289 e. The van der Waals surface area contributed by atoms with Gasteiger partial charge in [0.2, 0.25) is 0 Å². The number of pyridine rings is 1. The van der Waals surface area contributed by atoms with Crippen molar-refractivity contribution in [3.05, 3.63) is 60.3 Å². The summed E-state index contributed by atoms with van der Waals surface area (Å²) in [4.78, 5) is 21.6. The maximum atomic E-state index is 12.3. The van der Waals surface area contributed by atoms with Crippen LogP contribution >= 0.6 is 0 Å². The Morgan fingerprint density at radius 3 is 3.05 bits per heavy atom. The number of aromatic amines is 1. The highest BCUT2D eigenvalue weighted by Gasteiger charge is 2.22. The van der Waals surface area contributed by atoms with Crippen LogP contribution in [0.2, 0.25) is 0 Å². The highest BCUT2D eigenvalue weighted by molar-refractivity contribution is 5.94. The topological polar surface area (TPSA) is 62.1 Å². The van der Waals surface area contributed by atoms with Gasteiger partial charge in [-0.1, -0.05) is 6.08 Å². The Bertz CT molecular complexity index is 846. The lowest BCUT2D eigenvalue weighted by Gasteiger charge is -2.25. The Balaban J connectivity index is 1.58. The van der Waals surface area contributed by atoms with Crippen LogP contribution in [-0.4, -0.2) is 33.9 Å². The van der Waals surface area contributed by atoms with E-state index in [1.165, 1.54) is 17.4 Å². The Morgan fingerprint density at radius 2 is 2.27 bits per heavy atom. The molecule has 0 radical (unpaired) electrons. The van der Waals surface area contributed by atoms with Gasteiger partial charge in [0, 0.05) is 36.4 Å². The molecule has 0 saturated heterocycles. The van der Waals surface area contributed by atoms with Crippen molar-refractivity contribution in [2.45, 2.75) is 6.42 Å². The van der Waals surface area contributed by atoms with Gasteiger partial charge in [-0.25, -0.2) is 4.98 Å². The molecule has 0 aliphatic carbocycles. The summed E-state index contributed by atoms with van der Waals surface area (Å²) in [6.45, 7) is 1.29. The number of fused-ring (bicyclic) bond motifs is 1. The Morgan fingerprint density at radius 1 is 1.32 bits per heavy atom. The molecule has 110 valence electrons. The average Bonchev–Trinajstić information content (AvgIpc) is 3.24. The first-order valence-electron chi connectivity index (χ1n) is 7.27. The van der Waals surface area contributed by atoms with Gasteiger partial charge in [0.15, 0.2) is 5.76 Å². The molecule has 5 nitrogen and oxygen atoms in total. The monoisotopic (exact) mass is 293 g/mol. The predicted octanol–water partition coefficient (Wildman–Crippen LogP) is 3.09. The third-order valence-corrected chi connectivity index (χ3v) is 4.03. The number of nitrogens with zero attached hydrogens (tertiary/aromatic N) is 2. The normalized spacial score (nSPS) is 15.1. The SMILES string of the molecule is O=C(c1ccco1)N1CC=C(c2c[nH]c3ncccc23)CC1. The van der Waals surface area contributed by atoms with Crippen molar-refractivity contribution >= 4 is 22.5 Å². The molecule has 4 heterocycles. The third kappa shape index (κ3) is 2.11. The first-order valence-corrected chi connectivity index (χ1v) is 7.27. The first kappa shape index (κ1) is 12.9. The second-order valence-corrected chi connectivity index (χ2v) is 5.31. The molecular formula is C17H15N3O2. The number of furan rings is 1. The summed E-state index contributed by atoms with van der Waals surface area (Å²) in [5.41, 5.74) is 3.32. The van der Waals surface area contributed by atoms with Crippen LogP contribution in [0.5, 0.6) is 0 Å². The molecule has 0 spiro atoms. The van der Waals surface area contributed by atoms with Gasteiger partial charge >= 0.3 is 0 Å². The van der Waals surface area contributed by atoms with Gasteiger partial charge in [0.25, 0.3) is 5.91 Å². The summed E-state index contributed by atoms with van der Waals surface area (Å²) < 4.78 is 5.18. The molecule has 0 bridgehead atoms. The fraction of sp³-hybridized carbons (Fsp3) is 0.176. The third-order valence-electron chi connectivity index (χ3n) is 4.03. The summed E-state index contributed by atoms with van der Waals surface area (Å²) in [7, 11) is 0. The molecule has 4 rings (SSSR count). The molecule has 1 aliphatic rings. The van der Waals surface area contributed by atoms with Gasteiger partial charge in [-0.2, -0.15) is 0 Å².